The van der Waals surface area contributed by atoms with Gasteiger partial charge in [0.05, 0.1) is 12.2 Å². The molecule has 0 aromatic rings. The first-order valence-electron chi connectivity index (χ1n) is 12.6. The highest BCUT2D eigenvalue weighted by atomic mass is 16.5. The zero-order valence-electron chi connectivity index (χ0n) is 20.2. The first-order valence-corrected chi connectivity index (χ1v) is 12.6. The van der Waals surface area contributed by atoms with E-state index in [0.29, 0.717) is 29.5 Å². The van der Waals surface area contributed by atoms with Crippen LogP contribution in [0.25, 0.3) is 0 Å². The standard InChI is InChI=1S/C27H46O2/c1-8-9-18(3)20-10-11-21-25-22(16-24(29-7)27(20,21)5)26(4)13-12-17(2)14-19(26)15-23(25)28-6/h17-18,20-24H,8-16H2,1-7H3/t17-,18-,20-,21+,22+,23-,24+,26+,27-/m1/s1. The van der Waals surface area contributed by atoms with Crippen LogP contribution in [0.2, 0.25) is 0 Å². The zero-order valence-corrected chi connectivity index (χ0v) is 20.2. The molecule has 0 heterocycles. The van der Waals surface area contributed by atoms with Crippen molar-refractivity contribution in [1.29, 1.82) is 0 Å². The predicted molar refractivity (Wildman–Crippen MR) is 120 cm³/mol. The van der Waals surface area contributed by atoms with Crippen LogP contribution in [0.1, 0.15) is 92.4 Å². The molecule has 0 N–H and O–H groups in total. The predicted octanol–water partition coefficient (Wildman–Crippen LogP) is 6.88. The van der Waals surface area contributed by atoms with Gasteiger partial charge in [0.15, 0.2) is 0 Å². The minimum atomic E-state index is 0.280. The summed E-state index contributed by atoms with van der Waals surface area (Å²) in [6.45, 7) is 12.5. The maximum absolute atomic E-state index is 6.37. The lowest BCUT2D eigenvalue weighted by Gasteiger charge is -2.64. The van der Waals surface area contributed by atoms with Crippen LogP contribution in [0, 0.1) is 52.3 Å². The molecule has 0 saturated heterocycles. The number of hydrogen-bond acceptors (Lipinski definition) is 2. The molecule has 0 spiro atoms. The Morgan fingerprint density at radius 1 is 1.03 bits per heavy atom. The zero-order chi connectivity index (χ0) is 21.0. The van der Waals surface area contributed by atoms with E-state index in [1.165, 1.54) is 57.8 Å². The summed E-state index contributed by atoms with van der Waals surface area (Å²) in [6, 6.07) is 0. The Bertz CT molecular complexity index is 575. The minimum absolute atomic E-state index is 0.280. The molecule has 4 saturated carbocycles. The average molecular weight is 403 g/mol. The fraction of sp³-hybridized carbons (Fsp3) is 0.926. The van der Waals surface area contributed by atoms with Crippen molar-refractivity contribution in [3.05, 3.63) is 11.8 Å². The van der Waals surface area contributed by atoms with E-state index in [-0.39, 0.29) is 5.41 Å². The minimum Gasteiger partial charge on any atom is -0.381 e. The van der Waals surface area contributed by atoms with Gasteiger partial charge in [-0.2, -0.15) is 0 Å². The van der Waals surface area contributed by atoms with Gasteiger partial charge in [0.2, 0.25) is 0 Å². The van der Waals surface area contributed by atoms with Gasteiger partial charge in [-0.15, -0.1) is 0 Å². The van der Waals surface area contributed by atoms with Gasteiger partial charge in [-0.1, -0.05) is 53.9 Å². The van der Waals surface area contributed by atoms with Crippen LogP contribution >= 0.6 is 0 Å². The van der Waals surface area contributed by atoms with Crippen LogP contribution in [0.5, 0.6) is 0 Å². The summed E-state index contributed by atoms with van der Waals surface area (Å²) in [4.78, 5) is 0. The molecule has 0 amide bonds. The Balaban J connectivity index is 1.71. The summed E-state index contributed by atoms with van der Waals surface area (Å²) in [5.41, 5.74) is 0.657. The molecule has 4 aliphatic rings. The highest BCUT2D eigenvalue weighted by Gasteiger charge is 2.66. The average Bonchev–Trinajstić information content (AvgIpc) is 3.05. The molecule has 0 unspecified atom stereocenters. The second kappa shape index (κ2) is 8.12. The Kier molecular flexibility index (Phi) is 6.19. The van der Waals surface area contributed by atoms with Crippen molar-refractivity contribution in [1.82, 2.24) is 0 Å². The van der Waals surface area contributed by atoms with Gasteiger partial charge in [0.25, 0.3) is 0 Å². The maximum Gasteiger partial charge on any atom is 0.0645 e. The van der Waals surface area contributed by atoms with Gasteiger partial charge in [0.1, 0.15) is 0 Å². The highest BCUT2D eigenvalue weighted by molar-refractivity contribution is 5.32. The molecule has 0 aliphatic heterocycles. The van der Waals surface area contributed by atoms with Gasteiger partial charge in [-0.3, -0.25) is 0 Å². The highest BCUT2D eigenvalue weighted by Crippen LogP contribution is 2.70. The van der Waals surface area contributed by atoms with Crippen molar-refractivity contribution in [2.75, 3.05) is 14.2 Å². The topological polar surface area (TPSA) is 18.5 Å². The summed E-state index contributed by atoms with van der Waals surface area (Å²) in [7, 11) is 3.96. The molecular formula is C27H46O2. The van der Waals surface area contributed by atoms with E-state index in [2.05, 4.69) is 34.6 Å². The van der Waals surface area contributed by atoms with Gasteiger partial charge < -0.3 is 9.47 Å². The van der Waals surface area contributed by atoms with E-state index in [0.717, 1.165) is 17.8 Å². The lowest BCUT2D eigenvalue weighted by molar-refractivity contribution is -0.135. The lowest BCUT2D eigenvalue weighted by atomic mass is 9.42. The Morgan fingerprint density at radius 3 is 2.45 bits per heavy atom. The van der Waals surface area contributed by atoms with Crippen molar-refractivity contribution in [3.8, 4) is 0 Å². The van der Waals surface area contributed by atoms with Crippen molar-refractivity contribution < 1.29 is 9.47 Å². The number of methoxy groups -OCH3 is 2. The normalized spacial score (nSPS) is 49.3. The molecule has 166 valence electrons. The van der Waals surface area contributed by atoms with Crippen LogP contribution < -0.4 is 0 Å². The number of hydrogen-bond donors (Lipinski definition) is 0. The number of ether oxygens (including phenoxy) is 2. The quantitative estimate of drug-likeness (QED) is 0.499. The van der Waals surface area contributed by atoms with E-state index >= 15 is 0 Å². The van der Waals surface area contributed by atoms with Gasteiger partial charge in [-0.25, -0.2) is 0 Å². The third-order valence-corrected chi connectivity index (χ3v) is 10.4. The van der Waals surface area contributed by atoms with Gasteiger partial charge in [-0.05, 0) is 79.4 Å². The Morgan fingerprint density at radius 2 is 1.79 bits per heavy atom. The SMILES string of the molecule is CCC[C@@H](C)[C@H]1CC[C@H]2[C]3[C@H](OC)C[C]4C[C@H](C)CC[C@]4(C)[C@H]3C[C@H](OC)[C@]12C. The second-order valence-electron chi connectivity index (χ2n) is 11.7. The van der Waals surface area contributed by atoms with Gasteiger partial charge >= 0.3 is 0 Å². The van der Waals surface area contributed by atoms with Crippen LogP contribution in [0.3, 0.4) is 0 Å². The van der Waals surface area contributed by atoms with E-state index in [1.807, 2.05) is 20.1 Å². The molecular weight excluding hydrogens is 356 g/mol. The molecule has 2 radical (unpaired) electrons. The monoisotopic (exact) mass is 402 g/mol. The first-order chi connectivity index (χ1) is 13.8. The van der Waals surface area contributed by atoms with Crippen LogP contribution in [-0.4, -0.2) is 26.4 Å². The molecule has 29 heavy (non-hydrogen) atoms. The van der Waals surface area contributed by atoms with Crippen molar-refractivity contribution in [2.24, 2.45) is 40.4 Å². The largest absolute Gasteiger partial charge is 0.381 e. The first kappa shape index (κ1) is 22.1. The Labute approximate surface area is 180 Å². The van der Waals surface area contributed by atoms with E-state index in [9.17, 15) is 0 Å². The van der Waals surface area contributed by atoms with E-state index in [1.54, 1.807) is 5.92 Å². The summed E-state index contributed by atoms with van der Waals surface area (Å²) in [5, 5.41) is 0. The number of fused-ring (bicyclic) bond motifs is 5. The third kappa shape index (κ3) is 3.25. The smallest absolute Gasteiger partial charge is 0.0645 e. The summed E-state index contributed by atoms with van der Waals surface area (Å²) in [5.74, 6) is 7.37. The Hall–Kier alpha value is -0.0800. The second-order valence-corrected chi connectivity index (χ2v) is 11.7. The van der Waals surface area contributed by atoms with Crippen molar-refractivity contribution in [2.45, 2.75) is 105 Å². The van der Waals surface area contributed by atoms with Crippen LogP contribution in [-0.2, 0) is 9.47 Å². The molecule has 4 rings (SSSR count). The fourth-order valence-electron chi connectivity index (χ4n) is 8.82. The van der Waals surface area contributed by atoms with Crippen molar-refractivity contribution >= 4 is 0 Å². The molecule has 4 fully saturated rings. The molecule has 0 aromatic carbocycles. The maximum atomic E-state index is 6.37. The molecule has 2 heteroatoms. The summed E-state index contributed by atoms with van der Waals surface area (Å²) < 4.78 is 12.6. The lowest BCUT2D eigenvalue weighted by Crippen LogP contribution is -2.61. The molecule has 2 nitrogen and oxygen atoms in total. The van der Waals surface area contributed by atoms with E-state index in [4.69, 9.17) is 9.47 Å². The number of rotatable bonds is 5. The molecule has 0 aromatic heterocycles. The fourth-order valence-corrected chi connectivity index (χ4v) is 8.82. The summed E-state index contributed by atoms with van der Waals surface area (Å²) >= 11 is 0. The van der Waals surface area contributed by atoms with Crippen molar-refractivity contribution in [3.63, 3.8) is 0 Å². The molecule has 4 aliphatic carbocycles. The summed E-state index contributed by atoms with van der Waals surface area (Å²) in [6.07, 6.45) is 12.6. The van der Waals surface area contributed by atoms with Gasteiger partial charge in [0, 0.05) is 25.6 Å². The molecule has 9 atom stereocenters. The molecule has 0 bridgehead atoms. The van der Waals surface area contributed by atoms with E-state index < -0.39 is 0 Å². The van der Waals surface area contributed by atoms with Crippen LogP contribution in [0.4, 0.5) is 0 Å². The third-order valence-electron chi connectivity index (χ3n) is 10.4. The van der Waals surface area contributed by atoms with Crippen LogP contribution in [0.15, 0.2) is 0 Å².